The van der Waals surface area contributed by atoms with Crippen LogP contribution in [0.3, 0.4) is 0 Å². The lowest BCUT2D eigenvalue weighted by molar-refractivity contribution is -0.719. The third-order valence-corrected chi connectivity index (χ3v) is 11.5. The van der Waals surface area contributed by atoms with Crippen LogP contribution >= 0.6 is 0 Å². The highest BCUT2D eigenvalue weighted by atomic mass is 19.4. The van der Waals surface area contributed by atoms with E-state index in [-0.39, 0.29) is 34.8 Å². The molecule has 0 saturated heterocycles. The summed E-state index contributed by atoms with van der Waals surface area (Å²) in [5.41, 5.74) is 0.341. The second-order valence-electron chi connectivity index (χ2n) is 13.7. The Balaban J connectivity index is 1.20. The number of ketones is 1. The molecular formula is C30H41F3N3O4+. The van der Waals surface area contributed by atoms with Gasteiger partial charge in [-0.1, -0.05) is 12.1 Å². The van der Waals surface area contributed by atoms with Crippen LogP contribution < -0.4 is 9.42 Å². The largest absolute Gasteiger partial charge is 0.573 e. The number of rotatable bonds is 6. The quantitative estimate of drug-likeness (QED) is 0.462. The standard InChI is InChI=1S/C30H40F3N3O4/c1-27(38)12-13-29(17-39-3)18(15-27)4-6-20-21-7-8-23(28(21,2)11-10-22(20)29)26(37)16-36-25-9-5-19(40-30(31,32)33)14-24(25)34-35-36/h5,9,14,18,20-23,38H,4,6-8,10-13,15-17H2,1-3H3/p+1. The van der Waals surface area contributed by atoms with Crippen molar-refractivity contribution in [2.75, 3.05) is 13.7 Å². The Kier molecular flexibility index (Phi) is 6.76. The van der Waals surface area contributed by atoms with E-state index in [1.807, 2.05) is 6.92 Å². The van der Waals surface area contributed by atoms with Gasteiger partial charge in [-0.15, -0.1) is 17.9 Å². The van der Waals surface area contributed by atoms with Crippen LogP contribution in [0.2, 0.25) is 0 Å². The molecule has 4 aliphatic carbocycles. The summed E-state index contributed by atoms with van der Waals surface area (Å²) in [7, 11) is 1.81. The molecule has 0 spiro atoms. The highest BCUT2D eigenvalue weighted by molar-refractivity contribution is 5.81. The van der Waals surface area contributed by atoms with Gasteiger partial charge in [0.25, 0.3) is 5.52 Å². The molecule has 2 N–H and O–H groups in total. The molecular weight excluding hydrogens is 523 g/mol. The molecule has 6 rings (SSSR count). The van der Waals surface area contributed by atoms with E-state index < -0.39 is 12.0 Å². The second kappa shape index (κ2) is 9.68. The third kappa shape index (κ3) is 4.63. The van der Waals surface area contributed by atoms with E-state index in [1.54, 1.807) is 11.8 Å². The molecule has 7 nitrogen and oxygen atoms in total. The fraction of sp³-hybridized carbons (Fsp3) is 0.767. The lowest BCUT2D eigenvalue weighted by atomic mass is 9.43. The van der Waals surface area contributed by atoms with Gasteiger partial charge in [0.05, 0.1) is 12.2 Å². The second-order valence-corrected chi connectivity index (χ2v) is 13.7. The Labute approximate surface area is 232 Å². The maximum atomic E-state index is 13.8. The molecule has 10 heteroatoms. The first kappa shape index (κ1) is 27.9. The lowest BCUT2D eigenvalue weighted by Gasteiger charge is -2.62. The summed E-state index contributed by atoms with van der Waals surface area (Å²) >= 11 is 0. The molecule has 8 unspecified atom stereocenters. The van der Waals surface area contributed by atoms with E-state index in [4.69, 9.17) is 4.74 Å². The van der Waals surface area contributed by atoms with E-state index in [2.05, 4.69) is 22.0 Å². The van der Waals surface area contributed by atoms with Gasteiger partial charge in [-0.3, -0.25) is 4.79 Å². The van der Waals surface area contributed by atoms with Gasteiger partial charge in [-0.05, 0) is 111 Å². The summed E-state index contributed by atoms with van der Waals surface area (Å²) in [5.74, 6) is 1.86. The number of fused-ring (bicyclic) bond motifs is 6. The van der Waals surface area contributed by atoms with Gasteiger partial charge in [0.15, 0.2) is 12.3 Å². The zero-order chi connectivity index (χ0) is 28.5. The topological polar surface area (TPSA) is 88.3 Å². The normalized spacial score (nSPS) is 39.4. The van der Waals surface area contributed by atoms with Crippen LogP contribution in [0, 0.1) is 40.4 Å². The van der Waals surface area contributed by atoms with Crippen LogP contribution in [0.4, 0.5) is 13.2 Å². The smallest absolute Gasteiger partial charge is 0.406 e. The average molecular weight is 565 g/mol. The van der Waals surface area contributed by atoms with Gasteiger partial charge < -0.3 is 14.6 Å². The zero-order valence-corrected chi connectivity index (χ0v) is 23.6. The summed E-state index contributed by atoms with van der Waals surface area (Å²) in [6.07, 6.45) is 4.18. The molecule has 0 radical (unpaired) electrons. The molecule has 0 amide bonds. The molecule has 1 heterocycles. The van der Waals surface area contributed by atoms with Crippen molar-refractivity contribution in [1.82, 2.24) is 10.3 Å². The predicted molar refractivity (Wildman–Crippen MR) is 140 cm³/mol. The summed E-state index contributed by atoms with van der Waals surface area (Å²) in [6.45, 7) is 5.17. The minimum Gasteiger partial charge on any atom is -0.406 e. The summed E-state index contributed by atoms with van der Waals surface area (Å²) in [6, 6.07) is 3.98. The Morgan fingerprint density at radius 2 is 1.93 bits per heavy atom. The van der Waals surface area contributed by atoms with Gasteiger partial charge in [0.2, 0.25) is 5.52 Å². The number of ether oxygens (including phenoxy) is 2. The lowest BCUT2D eigenvalue weighted by Crippen LogP contribution is -2.58. The van der Waals surface area contributed by atoms with Crippen molar-refractivity contribution >= 4 is 16.8 Å². The molecule has 0 aliphatic heterocycles. The zero-order valence-electron chi connectivity index (χ0n) is 23.6. The SMILES string of the molecule is COCC12CCC(C)(O)CC1CCC1C3CCC(C(=O)C[n+]4[nH]nc5cc(OC(F)(F)F)ccc54)C3(C)CCC12. The van der Waals surface area contributed by atoms with Gasteiger partial charge >= 0.3 is 6.36 Å². The van der Waals surface area contributed by atoms with Crippen LogP contribution in [-0.2, 0) is 16.1 Å². The highest BCUT2D eigenvalue weighted by Crippen LogP contribution is 2.68. The third-order valence-electron chi connectivity index (χ3n) is 11.5. The first-order valence-electron chi connectivity index (χ1n) is 14.7. The van der Waals surface area contributed by atoms with Crippen LogP contribution in [0.25, 0.3) is 11.0 Å². The number of H-pyrrole nitrogens is 1. The number of aliphatic hydroxyl groups is 1. The van der Waals surface area contributed by atoms with E-state index in [1.165, 1.54) is 18.2 Å². The van der Waals surface area contributed by atoms with Crippen molar-refractivity contribution in [1.29, 1.82) is 0 Å². The number of hydrogen-bond donors (Lipinski definition) is 2. The van der Waals surface area contributed by atoms with Crippen molar-refractivity contribution in [2.45, 2.75) is 90.1 Å². The number of alkyl halides is 3. The van der Waals surface area contributed by atoms with Crippen molar-refractivity contribution in [3.05, 3.63) is 18.2 Å². The van der Waals surface area contributed by atoms with Crippen LogP contribution in [0.5, 0.6) is 5.75 Å². The minimum atomic E-state index is -4.78. The molecule has 4 aliphatic rings. The molecule has 40 heavy (non-hydrogen) atoms. The monoisotopic (exact) mass is 564 g/mol. The molecule has 1 aromatic carbocycles. The minimum absolute atomic E-state index is 0.0553. The van der Waals surface area contributed by atoms with Gasteiger partial charge in [0, 0.05) is 24.2 Å². The maximum Gasteiger partial charge on any atom is 0.573 e. The molecule has 0 bridgehead atoms. The fourth-order valence-corrected chi connectivity index (χ4v) is 9.88. The summed E-state index contributed by atoms with van der Waals surface area (Å²) in [5, 5.41) is 17.8. The highest BCUT2D eigenvalue weighted by Gasteiger charge is 2.63. The van der Waals surface area contributed by atoms with Gasteiger partial charge in [-0.25, -0.2) is 0 Å². The number of nitrogens with zero attached hydrogens (tertiary/aromatic N) is 2. The number of methoxy groups -OCH3 is 1. The van der Waals surface area contributed by atoms with Crippen LogP contribution in [0.1, 0.15) is 71.6 Å². The number of nitrogens with one attached hydrogen (secondary N) is 1. The van der Waals surface area contributed by atoms with Crippen molar-refractivity contribution < 1.29 is 37.2 Å². The number of aromatic nitrogens is 3. The molecule has 220 valence electrons. The fourth-order valence-electron chi connectivity index (χ4n) is 9.88. The van der Waals surface area contributed by atoms with E-state index >= 15 is 0 Å². The number of carbonyl (C=O) groups excluding carboxylic acids is 1. The number of aromatic amines is 1. The number of hydrogen-bond acceptors (Lipinski definition) is 5. The summed E-state index contributed by atoms with van der Waals surface area (Å²) < 4.78 is 49.4. The van der Waals surface area contributed by atoms with Crippen molar-refractivity contribution in [3.63, 3.8) is 0 Å². The number of halogens is 3. The maximum absolute atomic E-state index is 13.8. The molecule has 1 aromatic heterocycles. The Morgan fingerprint density at radius 1 is 1.12 bits per heavy atom. The Hall–Kier alpha value is -2.20. The Morgan fingerprint density at radius 3 is 2.67 bits per heavy atom. The van der Waals surface area contributed by atoms with E-state index in [9.17, 15) is 23.1 Å². The number of carbonyl (C=O) groups is 1. The van der Waals surface area contributed by atoms with E-state index in [0.717, 1.165) is 64.4 Å². The van der Waals surface area contributed by atoms with Gasteiger partial charge in [-0.2, -0.15) is 0 Å². The number of benzene rings is 1. The predicted octanol–water partition coefficient (Wildman–Crippen LogP) is 5.35. The van der Waals surface area contributed by atoms with Crippen LogP contribution in [-0.4, -0.2) is 46.9 Å². The molecule has 8 atom stereocenters. The van der Waals surface area contributed by atoms with Gasteiger partial charge in [0.1, 0.15) is 5.75 Å². The summed E-state index contributed by atoms with van der Waals surface area (Å²) in [4.78, 5) is 13.8. The van der Waals surface area contributed by atoms with Crippen LogP contribution in [0.15, 0.2) is 18.2 Å². The first-order chi connectivity index (χ1) is 18.9. The van der Waals surface area contributed by atoms with Crippen molar-refractivity contribution in [2.24, 2.45) is 40.4 Å². The first-order valence-corrected chi connectivity index (χ1v) is 14.7. The van der Waals surface area contributed by atoms with E-state index in [0.29, 0.717) is 34.7 Å². The molecule has 4 saturated carbocycles. The van der Waals surface area contributed by atoms with Crippen molar-refractivity contribution in [3.8, 4) is 5.75 Å². The molecule has 4 fully saturated rings. The Bertz CT molecular complexity index is 1280. The average Bonchev–Trinajstić information content (AvgIpc) is 3.43. The number of Topliss-reactive ketones (excluding diaryl/α,β-unsaturated/α-hetero) is 1. The molecule has 2 aromatic rings.